The Bertz CT molecular complexity index is 1250. The number of pyridine rings is 1. The molecule has 184 valence electrons. The number of hydrogen-bond acceptors (Lipinski definition) is 6. The Morgan fingerprint density at radius 3 is 2.58 bits per heavy atom. The molecule has 3 amide bonds. The van der Waals surface area contributed by atoms with E-state index in [2.05, 4.69) is 10.3 Å². The van der Waals surface area contributed by atoms with Gasteiger partial charge >= 0.3 is 0 Å². The van der Waals surface area contributed by atoms with Crippen LogP contribution in [0.1, 0.15) is 30.1 Å². The third-order valence-corrected chi connectivity index (χ3v) is 5.64. The molecule has 2 aromatic carbocycles. The van der Waals surface area contributed by atoms with Crippen molar-refractivity contribution in [3.63, 3.8) is 0 Å². The monoisotopic (exact) mass is 486 g/mol. The second-order valence-electron chi connectivity index (χ2n) is 8.40. The van der Waals surface area contributed by atoms with E-state index in [1.54, 1.807) is 71.8 Å². The first kappa shape index (κ1) is 24.6. The molecule has 2 heterocycles. The predicted molar refractivity (Wildman–Crippen MR) is 135 cm³/mol. The van der Waals surface area contributed by atoms with E-state index < -0.39 is 6.10 Å². The van der Waals surface area contributed by atoms with E-state index in [-0.39, 0.29) is 43.5 Å². The minimum absolute atomic E-state index is 0.0329. The maximum absolute atomic E-state index is 13.3. The summed E-state index contributed by atoms with van der Waals surface area (Å²) in [5, 5.41) is 2.82. The second-order valence-corrected chi connectivity index (χ2v) is 8.40. The summed E-state index contributed by atoms with van der Waals surface area (Å²) < 4.78 is 5.98. The Labute approximate surface area is 208 Å². The van der Waals surface area contributed by atoms with Crippen LogP contribution >= 0.6 is 0 Å². The minimum Gasteiger partial charge on any atom is -0.486 e. The summed E-state index contributed by atoms with van der Waals surface area (Å²) in [6, 6.07) is 19.1. The molecule has 1 atom stereocenters. The lowest BCUT2D eigenvalue weighted by Gasteiger charge is -2.35. The van der Waals surface area contributed by atoms with Crippen molar-refractivity contribution in [1.82, 2.24) is 4.98 Å². The molecule has 1 N–H and O–H groups in total. The fraction of sp³-hybridized carbons (Fsp3) is 0.222. The lowest BCUT2D eigenvalue weighted by molar-refractivity contribution is -0.118. The van der Waals surface area contributed by atoms with Crippen LogP contribution in [0.3, 0.4) is 0 Å². The molecule has 9 nitrogen and oxygen atoms in total. The highest BCUT2D eigenvalue weighted by Crippen LogP contribution is 2.37. The molecule has 1 aromatic heterocycles. The number of aromatic nitrogens is 1. The summed E-state index contributed by atoms with van der Waals surface area (Å²) in [4.78, 5) is 56.1. The van der Waals surface area contributed by atoms with Crippen LogP contribution in [0.4, 0.5) is 17.2 Å². The van der Waals surface area contributed by atoms with Gasteiger partial charge in [-0.15, -0.1) is 0 Å². The van der Waals surface area contributed by atoms with E-state index >= 15 is 0 Å². The second kappa shape index (κ2) is 11.3. The van der Waals surface area contributed by atoms with Gasteiger partial charge in [0.1, 0.15) is 23.5 Å². The number of ketones is 1. The quantitative estimate of drug-likeness (QED) is 0.464. The van der Waals surface area contributed by atoms with Crippen molar-refractivity contribution < 1.29 is 23.9 Å². The van der Waals surface area contributed by atoms with Crippen molar-refractivity contribution in [3.05, 3.63) is 78.5 Å². The van der Waals surface area contributed by atoms with E-state index in [0.717, 1.165) is 0 Å². The fourth-order valence-electron chi connectivity index (χ4n) is 3.97. The number of nitrogens with zero attached hydrogens (tertiary/aromatic N) is 3. The number of carbonyl (C=O) groups is 4. The van der Waals surface area contributed by atoms with Crippen molar-refractivity contribution in [2.75, 3.05) is 28.2 Å². The van der Waals surface area contributed by atoms with Crippen LogP contribution < -0.4 is 19.9 Å². The lowest BCUT2D eigenvalue weighted by Crippen LogP contribution is -2.44. The predicted octanol–water partition coefficient (Wildman–Crippen LogP) is 3.46. The van der Waals surface area contributed by atoms with Gasteiger partial charge in [0, 0.05) is 36.8 Å². The van der Waals surface area contributed by atoms with Gasteiger partial charge in [0.15, 0.2) is 0 Å². The van der Waals surface area contributed by atoms with E-state index in [1.165, 1.54) is 11.8 Å². The number of carbonyl (C=O) groups excluding carboxylic acids is 4. The summed E-state index contributed by atoms with van der Waals surface area (Å²) in [7, 11) is 0. The molecular formula is C27H26N4O5. The van der Waals surface area contributed by atoms with Crippen molar-refractivity contribution in [2.24, 2.45) is 0 Å². The average molecular weight is 487 g/mol. The number of hydrogen-bond donors (Lipinski definition) is 1. The molecule has 1 aliphatic rings. The minimum atomic E-state index is -0.468. The first-order chi connectivity index (χ1) is 17.4. The van der Waals surface area contributed by atoms with Gasteiger partial charge in [0.25, 0.3) is 5.91 Å². The molecule has 0 bridgehead atoms. The zero-order valence-corrected chi connectivity index (χ0v) is 19.8. The lowest BCUT2D eigenvalue weighted by atomic mass is 10.1. The molecule has 36 heavy (non-hydrogen) atoms. The van der Waals surface area contributed by atoms with E-state index in [9.17, 15) is 19.2 Å². The SMILES string of the molecule is CC(=O)CC1CN(C(=O)c2ccccc2)c2cc(NC(=O)CCN(C=O)c3ccccn3)ccc2O1. The molecular weight excluding hydrogens is 460 g/mol. The summed E-state index contributed by atoms with van der Waals surface area (Å²) >= 11 is 0. The van der Waals surface area contributed by atoms with Gasteiger partial charge in [-0.2, -0.15) is 0 Å². The number of amides is 3. The Hall–Kier alpha value is -4.53. The van der Waals surface area contributed by atoms with Gasteiger partial charge in [-0.3, -0.25) is 24.1 Å². The molecule has 0 radical (unpaired) electrons. The molecule has 0 fully saturated rings. The van der Waals surface area contributed by atoms with E-state index in [0.29, 0.717) is 34.9 Å². The molecule has 9 heteroatoms. The number of fused-ring (bicyclic) bond motifs is 1. The first-order valence-corrected chi connectivity index (χ1v) is 11.5. The fourth-order valence-corrected chi connectivity index (χ4v) is 3.97. The maximum Gasteiger partial charge on any atom is 0.258 e. The molecule has 1 aliphatic heterocycles. The van der Waals surface area contributed by atoms with Crippen molar-refractivity contribution in [1.29, 1.82) is 0 Å². The number of Topliss-reactive ketones (excluding diaryl/α,β-unsaturated/α-hetero) is 1. The van der Waals surface area contributed by atoms with Gasteiger partial charge < -0.3 is 15.0 Å². The Balaban J connectivity index is 1.50. The van der Waals surface area contributed by atoms with Crippen molar-refractivity contribution >= 4 is 41.2 Å². The van der Waals surface area contributed by atoms with Gasteiger partial charge in [0.2, 0.25) is 12.3 Å². The van der Waals surface area contributed by atoms with Crippen LogP contribution in [0.5, 0.6) is 5.75 Å². The standard InChI is InChI=1S/C27H26N4O5/c1-19(33)15-22-17-31(27(35)20-7-3-2-4-8-20)23-16-21(10-11-24(23)36-22)29-26(34)12-14-30(18-32)25-9-5-6-13-28-25/h2-11,13,16,18,22H,12,14-15,17H2,1H3,(H,29,34). The largest absolute Gasteiger partial charge is 0.486 e. The topological polar surface area (TPSA) is 109 Å². The number of nitrogens with one attached hydrogen (secondary N) is 1. The number of rotatable bonds is 9. The number of ether oxygens (including phenoxy) is 1. The molecule has 0 aliphatic carbocycles. The van der Waals surface area contributed by atoms with E-state index in [4.69, 9.17) is 4.74 Å². The maximum atomic E-state index is 13.3. The van der Waals surface area contributed by atoms with Gasteiger partial charge in [-0.25, -0.2) is 4.98 Å². The van der Waals surface area contributed by atoms with Gasteiger partial charge in [0.05, 0.1) is 12.2 Å². The number of benzene rings is 2. The zero-order valence-electron chi connectivity index (χ0n) is 19.8. The first-order valence-electron chi connectivity index (χ1n) is 11.5. The molecule has 0 saturated carbocycles. The normalized spacial score (nSPS) is 14.2. The Morgan fingerprint density at radius 2 is 1.89 bits per heavy atom. The Kier molecular flexibility index (Phi) is 7.69. The van der Waals surface area contributed by atoms with Crippen LogP contribution in [0, 0.1) is 0 Å². The number of anilines is 3. The molecule has 4 rings (SSSR count). The zero-order chi connectivity index (χ0) is 25.5. The summed E-state index contributed by atoms with van der Waals surface area (Å²) in [6.45, 7) is 1.85. The van der Waals surface area contributed by atoms with Gasteiger partial charge in [-0.05, 0) is 49.4 Å². The van der Waals surface area contributed by atoms with Crippen LogP contribution in [0.2, 0.25) is 0 Å². The molecule has 1 unspecified atom stereocenters. The Morgan fingerprint density at radius 1 is 1.11 bits per heavy atom. The van der Waals surface area contributed by atoms with E-state index in [1.807, 2.05) is 6.07 Å². The molecule has 0 spiro atoms. The summed E-state index contributed by atoms with van der Waals surface area (Å²) in [5.41, 5.74) is 1.49. The highest BCUT2D eigenvalue weighted by Gasteiger charge is 2.31. The highest BCUT2D eigenvalue weighted by molar-refractivity contribution is 6.07. The average Bonchev–Trinajstić information content (AvgIpc) is 2.89. The molecule has 0 saturated heterocycles. The third kappa shape index (κ3) is 5.93. The van der Waals surface area contributed by atoms with Crippen LogP contribution in [0.25, 0.3) is 0 Å². The summed E-state index contributed by atoms with van der Waals surface area (Å²) in [6.07, 6.45) is 1.97. The van der Waals surface area contributed by atoms with Gasteiger partial charge in [-0.1, -0.05) is 24.3 Å². The summed E-state index contributed by atoms with van der Waals surface area (Å²) in [5.74, 6) is 0.354. The van der Waals surface area contributed by atoms with Crippen LogP contribution in [-0.4, -0.2) is 48.2 Å². The van der Waals surface area contributed by atoms with Crippen LogP contribution in [-0.2, 0) is 14.4 Å². The van der Waals surface area contributed by atoms with Crippen molar-refractivity contribution in [2.45, 2.75) is 25.9 Å². The smallest absolute Gasteiger partial charge is 0.258 e. The van der Waals surface area contributed by atoms with Crippen LogP contribution in [0.15, 0.2) is 72.9 Å². The van der Waals surface area contributed by atoms with Crippen molar-refractivity contribution in [3.8, 4) is 5.75 Å². The molecule has 3 aromatic rings. The highest BCUT2D eigenvalue weighted by atomic mass is 16.5. The third-order valence-electron chi connectivity index (χ3n) is 5.64.